The lowest BCUT2D eigenvalue weighted by Crippen LogP contribution is -2.24. The highest BCUT2D eigenvalue weighted by atomic mass is 16.4. The van der Waals surface area contributed by atoms with E-state index in [2.05, 4.69) is 20.6 Å². The van der Waals surface area contributed by atoms with Gasteiger partial charge in [-0.05, 0) is 32.8 Å². The molecule has 0 atom stereocenters. The Morgan fingerprint density at radius 2 is 2.09 bits per heavy atom. The average Bonchev–Trinajstić information content (AvgIpc) is 3.16. The third kappa shape index (κ3) is 3.18. The van der Waals surface area contributed by atoms with Gasteiger partial charge >= 0.3 is 6.01 Å². The molecule has 1 aliphatic rings. The third-order valence-corrected chi connectivity index (χ3v) is 3.99. The summed E-state index contributed by atoms with van der Waals surface area (Å²) in [6.07, 6.45) is 7.17. The molecule has 1 amide bonds. The van der Waals surface area contributed by atoms with Gasteiger partial charge in [0.1, 0.15) is 5.69 Å². The molecule has 0 bridgehead atoms. The fourth-order valence-corrected chi connectivity index (χ4v) is 2.69. The van der Waals surface area contributed by atoms with Crippen molar-refractivity contribution >= 4 is 11.9 Å². The van der Waals surface area contributed by atoms with Gasteiger partial charge in [0.05, 0.1) is 0 Å². The summed E-state index contributed by atoms with van der Waals surface area (Å²) >= 11 is 0. The van der Waals surface area contributed by atoms with Crippen molar-refractivity contribution in [2.45, 2.75) is 52.0 Å². The van der Waals surface area contributed by atoms with Gasteiger partial charge in [-0.2, -0.15) is 5.10 Å². The molecule has 2 aromatic heterocycles. The maximum absolute atomic E-state index is 12.1. The first-order chi connectivity index (χ1) is 10.6. The van der Waals surface area contributed by atoms with Crippen LogP contribution in [0.25, 0.3) is 11.6 Å². The highest BCUT2D eigenvalue weighted by Gasteiger charge is 2.23. The Balaban J connectivity index is 1.66. The molecule has 1 saturated carbocycles. The van der Waals surface area contributed by atoms with Crippen LogP contribution in [0, 0.1) is 5.92 Å². The summed E-state index contributed by atoms with van der Waals surface area (Å²) < 4.78 is 7.31. The molecule has 2 aromatic rings. The minimum absolute atomic E-state index is 0.0254. The van der Waals surface area contributed by atoms with Gasteiger partial charge in [0.25, 0.3) is 5.89 Å². The molecule has 7 nitrogen and oxygen atoms in total. The average molecular weight is 303 g/mol. The first-order valence-electron chi connectivity index (χ1n) is 7.83. The second kappa shape index (κ2) is 6.29. The molecule has 2 heterocycles. The van der Waals surface area contributed by atoms with E-state index in [0.29, 0.717) is 11.6 Å². The van der Waals surface area contributed by atoms with Crippen molar-refractivity contribution in [2.24, 2.45) is 5.92 Å². The van der Waals surface area contributed by atoms with E-state index in [9.17, 15) is 4.79 Å². The van der Waals surface area contributed by atoms with E-state index in [1.165, 1.54) is 6.42 Å². The number of rotatable bonds is 4. The molecule has 118 valence electrons. The normalized spacial score (nSPS) is 16.1. The van der Waals surface area contributed by atoms with Crippen LogP contribution in [-0.2, 0) is 4.79 Å². The Morgan fingerprint density at radius 3 is 2.77 bits per heavy atom. The van der Waals surface area contributed by atoms with Crippen molar-refractivity contribution < 1.29 is 9.21 Å². The smallest absolute Gasteiger partial charge is 0.322 e. The van der Waals surface area contributed by atoms with Gasteiger partial charge in [-0.15, -0.1) is 5.10 Å². The predicted octanol–water partition coefficient (Wildman–Crippen LogP) is 3.03. The molecule has 7 heteroatoms. The largest absolute Gasteiger partial charge is 0.401 e. The molecule has 0 aromatic carbocycles. The summed E-state index contributed by atoms with van der Waals surface area (Å²) in [5, 5.41) is 14.9. The number of nitrogens with one attached hydrogen (secondary N) is 1. The second-order valence-corrected chi connectivity index (χ2v) is 6.01. The van der Waals surface area contributed by atoms with E-state index < -0.39 is 0 Å². The number of hydrogen-bond donors (Lipinski definition) is 1. The van der Waals surface area contributed by atoms with Gasteiger partial charge in [0.15, 0.2) is 0 Å². The Kier molecular flexibility index (Phi) is 4.22. The van der Waals surface area contributed by atoms with Crippen LogP contribution in [0.5, 0.6) is 0 Å². The molecule has 1 N–H and O–H groups in total. The van der Waals surface area contributed by atoms with E-state index in [1.807, 2.05) is 30.8 Å². The summed E-state index contributed by atoms with van der Waals surface area (Å²) in [5.74, 6) is 0.352. The minimum Gasteiger partial charge on any atom is -0.401 e. The van der Waals surface area contributed by atoms with Gasteiger partial charge in [0, 0.05) is 18.2 Å². The quantitative estimate of drug-likeness (QED) is 0.938. The SMILES string of the molecule is CC(C)n1ccc(-c2nnc(NC(=O)C3CCCCC3)o2)n1. The predicted molar refractivity (Wildman–Crippen MR) is 81.1 cm³/mol. The third-order valence-electron chi connectivity index (χ3n) is 3.99. The van der Waals surface area contributed by atoms with Crippen molar-refractivity contribution in [3.8, 4) is 11.6 Å². The Hall–Kier alpha value is -2.18. The zero-order chi connectivity index (χ0) is 15.5. The molecule has 0 saturated heterocycles. The van der Waals surface area contributed by atoms with Crippen LogP contribution in [0.3, 0.4) is 0 Å². The van der Waals surface area contributed by atoms with Crippen LogP contribution in [-0.4, -0.2) is 25.9 Å². The Bertz CT molecular complexity index is 640. The van der Waals surface area contributed by atoms with Crippen molar-refractivity contribution in [2.75, 3.05) is 5.32 Å². The van der Waals surface area contributed by atoms with Gasteiger partial charge < -0.3 is 4.42 Å². The summed E-state index contributed by atoms with van der Waals surface area (Å²) in [4.78, 5) is 12.1. The van der Waals surface area contributed by atoms with Crippen molar-refractivity contribution in [3.63, 3.8) is 0 Å². The fourth-order valence-electron chi connectivity index (χ4n) is 2.69. The maximum Gasteiger partial charge on any atom is 0.322 e. The fraction of sp³-hybridized carbons (Fsp3) is 0.600. The summed E-state index contributed by atoms with van der Waals surface area (Å²) in [7, 11) is 0. The number of carbonyl (C=O) groups is 1. The number of carbonyl (C=O) groups excluding carboxylic acids is 1. The van der Waals surface area contributed by atoms with Crippen molar-refractivity contribution in [3.05, 3.63) is 12.3 Å². The first-order valence-corrected chi connectivity index (χ1v) is 7.83. The number of nitrogens with zero attached hydrogens (tertiary/aromatic N) is 4. The molecular weight excluding hydrogens is 282 g/mol. The van der Waals surface area contributed by atoms with Crippen LogP contribution in [0.1, 0.15) is 52.0 Å². The topological polar surface area (TPSA) is 85.8 Å². The van der Waals surface area contributed by atoms with Crippen LogP contribution in [0.4, 0.5) is 6.01 Å². The molecule has 1 aliphatic carbocycles. The monoisotopic (exact) mass is 303 g/mol. The van der Waals surface area contributed by atoms with Crippen LogP contribution in [0.2, 0.25) is 0 Å². The first kappa shape index (κ1) is 14.7. The van der Waals surface area contributed by atoms with Gasteiger partial charge in [-0.25, -0.2) is 0 Å². The van der Waals surface area contributed by atoms with E-state index in [-0.39, 0.29) is 23.9 Å². The highest BCUT2D eigenvalue weighted by molar-refractivity contribution is 5.90. The summed E-state index contributed by atoms with van der Waals surface area (Å²) in [6, 6.07) is 2.23. The molecule has 0 unspecified atom stereocenters. The molecule has 22 heavy (non-hydrogen) atoms. The lowest BCUT2D eigenvalue weighted by atomic mass is 9.89. The molecular formula is C15H21N5O2. The van der Waals surface area contributed by atoms with E-state index >= 15 is 0 Å². The van der Waals surface area contributed by atoms with Crippen LogP contribution in [0.15, 0.2) is 16.7 Å². The second-order valence-electron chi connectivity index (χ2n) is 6.01. The minimum atomic E-state index is -0.0254. The molecule has 3 rings (SSSR count). The molecule has 0 radical (unpaired) electrons. The Labute approximate surface area is 129 Å². The number of anilines is 1. The number of aromatic nitrogens is 4. The Morgan fingerprint density at radius 1 is 1.32 bits per heavy atom. The highest BCUT2D eigenvalue weighted by Crippen LogP contribution is 2.25. The van der Waals surface area contributed by atoms with Crippen molar-refractivity contribution in [1.29, 1.82) is 0 Å². The zero-order valence-corrected chi connectivity index (χ0v) is 13.0. The summed E-state index contributed by atoms with van der Waals surface area (Å²) in [6.45, 7) is 4.08. The van der Waals surface area contributed by atoms with Crippen LogP contribution < -0.4 is 5.32 Å². The van der Waals surface area contributed by atoms with E-state index in [1.54, 1.807) is 0 Å². The molecule has 0 spiro atoms. The lowest BCUT2D eigenvalue weighted by Gasteiger charge is -2.19. The summed E-state index contributed by atoms with van der Waals surface area (Å²) in [5.41, 5.74) is 0.611. The molecule has 1 fully saturated rings. The maximum atomic E-state index is 12.1. The van der Waals surface area contributed by atoms with E-state index in [0.717, 1.165) is 25.7 Å². The number of hydrogen-bond acceptors (Lipinski definition) is 5. The number of amides is 1. The van der Waals surface area contributed by atoms with Gasteiger partial charge in [-0.3, -0.25) is 14.8 Å². The molecule has 0 aliphatic heterocycles. The van der Waals surface area contributed by atoms with Gasteiger partial charge in [-0.1, -0.05) is 24.4 Å². The lowest BCUT2D eigenvalue weighted by molar-refractivity contribution is -0.120. The van der Waals surface area contributed by atoms with Gasteiger partial charge in [0.2, 0.25) is 5.91 Å². The van der Waals surface area contributed by atoms with Crippen LogP contribution >= 0.6 is 0 Å². The van der Waals surface area contributed by atoms with Crippen molar-refractivity contribution in [1.82, 2.24) is 20.0 Å². The standard InChI is InChI=1S/C15H21N5O2/c1-10(2)20-9-8-12(19-20)14-17-18-15(22-14)16-13(21)11-6-4-3-5-7-11/h8-11H,3-7H2,1-2H3,(H,16,18,21). The zero-order valence-electron chi connectivity index (χ0n) is 13.0. The van der Waals surface area contributed by atoms with E-state index in [4.69, 9.17) is 4.42 Å².